The molecule has 0 amide bonds. The molecule has 1 aromatic heterocycles. The van der Waals surface area contributed by atoms with Gasteiger partial charge in [-0.2, -0.15) is 0 Å². The molecule has 5 heteroatoms. The number of aliphatic imine (C=N–C) groups is 1. The zero-order valence-electron chi connectivity index (χ0n) is 14.3. The van der Waals surface area contributed by atoms with Gasteiger partial charge in [-0.25, -0.2) is 9.98 Å². The number of hydrogen-bond donors (Lipinski definition) is 2. The lowest BCUT2D eigenvalue weighted by molar-refractivity contribution is 0.377. The summed E-state index contributed by atoms with van der Waals surface area (Å²) in [6.45, 7) is 15.6. The van der Waals surface area contributed by atoms with Gasteiger partial charge in [-0.3, -0.25) is 0 Å². The number of nitrogens with zero attached hydrogens (tertiary/aromatic N) is 2. The number of guanidine groups is 1. The van der Waals surface area contributed by atoms with Crippen molar-refractivity contribution in [3.8, 4) is 0 Å². The summed E-state index contributed by atoms with van der Waals surface area (Å²) in [5, 5.41) is 9.89. The number of aromatic nitrogens is 1. The number of rotatable bonds is 6. The molecule has 0 bridgehead atoms. The van der Waals surface area contributed by atoms with Gasteiger partial charge in [-0.05, 0) is 24.7 Å². The molecule has 0 radical (unpaired) electrons. The Morgan fingerprint density at radius 1 is 1.33 bits per heavy atom. The maximum absolute atomic E-state index is 4.62. The first-order valence-corrected chi connectivity index (χ1v) is 8.66. The van der Waals surface area contributed by atoms with Crippen molar-refractivity contribution in [1.82, 2.24) is 15.6 Å². The fourth-order valence-corrected chi connectivity index (χ4v) is 2.59. The lowest BCUT2D eigenvalue weighted by atomic mass is 9.92. The summed E-state index contributed by atoms with van der Waals surface area (Å²) in [5.74, 6) is 1.36. The predicted octanol–water partition coefficient (Wildman–Crippen LogP) is 3.76. The van der Waals surface area contributed by atoms with Gasteiger partial charge in [0.15, 0.2) is 5.96 Å². The van der Waals surface area contributed by atoms with Crippen LogP contribution >= 0.6 is 11.3 Å². The van der Waals surface area contributed by atoms with Gasteiger partial charge in [0.1, 0.15) is 5.01 Å². The van der Waals surface area contributed by atoms with Crippen molar-refractivity contribution in [2.24, 2.45) is 10.4 Å². The van der Waals surface area contributed by atoms with E-state index in [1.54, 1.807) is 11.3 Å². The molecule has 1 heterocycles. The van der Waals surface area contributed by atoms with Crippen LogP contribution in [-0.4, -0.2) is 24.0 Å². The van der Waals surface area contributed by atoms with E-state index >= 15 is 0 Å². The highest BCUT2D eigenvalue weighted by Crippen LogP contribution is 2.18. The second-order valence-electron chi connectivity index (χ2n) is 6.75. The lowest BCUT2D eigenvalue weighted by Crippen LogP contribution is -2.38. The van der Waals surface area contributed by atoms with E-state index in [1.165, 1.54) is 0 Å². The standard InChI is InChI=1S/C16H30N4S/c1-7-17-15(18-9-8-16(4,5)6)19-10-14-20-13(11-21-14)12(2)3/h11-12H,7-10H2,1-6H3,(H2,17,18,19). The van der Waals surface area contributed by atoms with Crippen LogP contribution in [0.15, 0.2) is 10.4 Å². The molecule has 0 saturated heterocycles. The van der Waals surface area contributed by atoms with Crippen LogP contribution in [0.25, 0.3) is 0 Å². The summed E-state index contributed by atoms with van der Waals surface area (Å²) in [5.41, 5.74) is 1.50. The Hall–Kier alpha value is -1.10. The Kier molecular flexibility index (Phi) is 7.15. The van der Waals surface area contributed by atoms with E-state index in [0.717, 1.165) is 36.2 Å². The second-order valence-corrected chi connectivity index (χ2v) is 7.70. The monoisotopic (exact) mass is 310 g/mol. The third-order valence-electron chi connectivity index (χ3n) is 3.05. The van der Waals surface area contributed by atoms with E-state index in [2.05, 4.69) is 67.5 Å². The van der Waals surface area contributed by atoms with Gasteiger partial charge in [0, 0.05) is 18.5 Å². The van der Waals surface area contributed by atoms with E-state index in [0.29, 0.717) is 17.9 Å². The second kappa shape index (κ2) is 8.37. The first-order valence-electron chi connectivity index (χ1n) is 7.78. The fourth-order valence-electron chi connectivity index (χ4n) is 1.71. The van der Waals surface area contributed by atoms with Gasteiger partial charge in [0.2, 0.25) is 0 Å². The SMILES string of the molecule is CCNC(=NCc1nc(C(C)C)cs1)NCCC(C)(C)C. The summed E-state index contributed by atoms with van der Waals surface area (Å²) in [6, 6.07) is 0. The van der Waals surface area contributed by atoms with Crippen LogP contribution in [0.2, 0.25) is 0 Å². The molecule has 1 rings (SSSR count). The topological polar surface area (TPSA) is 49.3 Å². The van der Waals surface area contributed by atoms with Crippen molar-refractivity contribution >= 4 is 17.3 Å². The lowest BCUT2D eigenvalue weighted by Gasteiger charge is -2.19. The zero-order valence-corrected chi connectivity index (χ0v) is 15.1. The third kappa shape index (κ3) is 7.46. The van der Waals surface area contributed by atoms with E-state index in [4.69, 9.17) is 0 Å². The minimum absolute atomic E-state index is 0.339. The minimum Gasteiger partial charge on any atom is -0.357 e. The van der Waals surface area contributed by atoms with Gasteiger partial charge < -0.3 is 10.6 Å². The molecule has 0 spiro atoms. The molecule has 2 N–H and O–H groups in total. The largest absolute Gasteiger partial charge is 0.357 e. The number of hydrogen-bond acceptors (Lipinski definition) is 3. The molecule has 0 fully saturated rings. The smallest absolute Gasteiger partial charge is 0.191 e. The average Bonchev–Trinajstić information content (AvgIpc) is 2.83. The Bertz CT molecular complexity index is 443. The normalized spacial score (nSPS) is 12.8. The Morgan fingerprint density at radius 3 is 2.57 bits per heavy atom. The first-order chi connectivity index (χ1) is 9.81. The van der Waals surface area contributed by atoms with Gasteiger partial charge in [0.05, 0.1) is 12.2 Å². The van der Waals surface area contributed by atoms with Crippen molar-refractivity contribution in [3.05, 3.63) is 16.1 Å². The van der Waals surface area contributed by atoms with Crippen molar-refractivity contribution in [2.75, 3.05) is 13.1 Å². The minimum atomic E-state index is 0.339. The summed E-state index contributed by atoms with van der Waals surface area (Å²) >= 11 is 1.69. The summed E-state index contributed by atoms with van der Waals surface area (Å²) in [7, 11) is 0. The molecule has 0 unspecified atom stereocenters. The average molecular weight is 311 g/mol. The highest BCUT2D eigenvalue weighted by atomic mass is 32.1. The van der Waals surface area contributed by atoms with Crippen molar-refractivity contribution in [2.45, 2.75) is 60.4 Å². The van der Waals surface area contributed by atoms with Crippen LogP contribution in [0.3, 0.4) is 0 Å². The molecule has 0 saturated carbocycles. The molecular weight excluding hydrogens is 280 g/mol. The Balaban J connectivity index is 2.54. The molecule has 0 aromatic carbocycles. The highest BCUT2D eigenvalue weighted by molar-refractivity contribution is 7.09. The maximum Gasteiger partial charge on any atom is 0.191 e. The van der Waals surface area contributed by atoms with Gasteiger partial charge in [-0.1, -0.05) is 34.6 Å². The number of nitrogens with one attached hydrogen (secondary N) is 2. The van der Waals surface area contributed by atoms with Crippen LogP contribution in [0.4, 0.5) is 0 Å². The van der Waals surface area contributed by atoms with E-state index in [1.807, 2.05) is 0 Å². The van der Waals surface area contributed by atoms with Crippen LogP contribution < -0.4 is 10.6 Å². The van der Waals surface area contributed by atoms with Gasteiger partial charge in [0.25, 0.3) is 0 Å². The third-order valence-corrected chi connectivity index (χ3v) is 3.90. The van der Waals surface area contributed by atoms with E-state index in [-0.39, 0.29) is 0 Å². The number of thiazole rings is 1. The first kappa shape index (κ1) is 18.0. The molecule has 0 atom stereocenters. The van der Waals surface area contributed by atoms with Crippen molar-refractivity contribution < 1.29 is 0 Å². The van der Waals surface area contributed by atoms with Crippen molar-refractivity contribution in [1.29, 1.82) is 0 Å². The summed E-state index contributed by atoms with van der Waals surface area (Å²) < 4.78 is 0. The van der Waals surface area contributed by atoms with Crippen LogP contribution in [0.1, 0.15) is 64.6 Å². The molecule has 1 aromatic rings. The molecular formula is C16H30N4S. The summed E-state index contributed by atoms with van der Waals surface area (Å²) in [6.07, 6.45) is 1.12. The fraction of sp³-hybridized carbons (Fsp3) is 0.750. The van der Waals surface area contributed by atoms with Crippen LogP contribution in [0.5, 0.6) is 0 Å². The Labute approximate surface area is 133 Å². The summed E-state index contributed by atoms with van der Waals surface area (Å²) in [4.78, 5) is 9.24. The quantitative estimate of drug-likeness (QED) is 0.621. The molecule has 21 heavy (non-hydrogen) atoms. The maximum atomic E-state index is 4.62. The van der Waals surface area contributed by atoms with Gasteiger partial charge in [-0.15, -0.1) is 11.3 Å². The van der Waals surface area contributed by atoms with Crippen molar-refractivity contribution in [3.63, 3.8) is 0 Å². The van der Waals surface area contributed by atoms with Crippen LogP contribution in [-0.2, 0) is 6.54 Å². The van der Waals surface area contributed by atoms with Gasteiger partial charge >= 0.3 is 0 Å². The molecule has 0 aliphatic carbocycles. The predicted molar refractivity (Wildman–Crippen MR) is 93.1 cm³/mol. The molecule has 0 aliphatic rings. The van der Waals surface area contributed by atoms with Crippen LogP contribution in [0, 0.1) is 5.41 Å². The molecule has 4 nitrogen and oxygen atoms in total. The van der Waals surface area contributed by atoms with E-state index < -0.39 is 0 Å². The highest BCUT2D eigenvalue weighted by Gasteiger charge is 2.10. The molecule has 0 aliphatic heterocycles. The molecule has 120 valence electrons. The Morgan fingerprint density at radius 2 is 2.05 bits per heavy atom. The van der Waals surface area contributed by atoms with E-state index in [9.17, 15) is 0 Å². The zero-order chi connectivity index (χ0) is 15.9.